The second kappa shape index (κ2) is 11.8. The highest BCUT2D eigenvalue weighted by Gasteiger charge is 2.59. The van der Waals surface area contributed by atoms with Crippen molar-refractivity contribution in [3.05, 3.63) is 71.7 Å². The molecule has 0 bridgehead atoms. The van der Waals surface area contributed by atoms with E-state index in [1.807, 2.05) is 25.3 Å². The number of H-pyrrole nitrogens is 1. The molecule has 2 aliphatic heterocycles. The quantitative estimate of drug-likeness (QED) is 0.357. The third-order valence-corrected chi connectivity index (χ3v) is 10.4. The fourth-order valence-electron chi connectivity index (χ4n) is 7.94. The minimum absolute atomic E-state index is 0.0447. The van der Waals surface area contributed by atoms with Gasteiger partial charge in [-0.1, -0.05) is 49.6 Å². The normalized spacial score (nSPS) is 26.3. The molecule has 3 aromatic rings. The Morgan fingerprint density at radius 1 is 1.12 bits per heavy atom. The zero-order valence-electron chi connectivity index (χ0n) is 25.0. The molecule has 3 fully saturated rings. The van der Waals surface area contributed by atoms with E-state index < -0.39 is 6.04 Å². The number of hydrogen-bond donors (Lipinski definition) is 3. The van der Waals surface area contributed by atoms with Gasteiger partial charge in [-0.2, -0.15) is 0 Å². The average Bonchev–Trinajstić information content (AvgIpc) is 3.66. The minimum Gasteiger partial charge on any atom is -0.361 e. The first kappa shape index (κ1) is 28.9. The third-order valence-electron chi connectivity index (χ3n) is 10.4. The van der Waals surface area contributed by atoms with Crippen LogP contribution in [0.5, 0.6) is 0 Å². The largest absolute Gasteiger partial charge is 0.361 e. The van der Waals surface area contributed by atoms with Crippen molar-refractivity contribution in [3.63, 3.8) is 0 Å². The Hall–Kier alpha value is -3.23. The highest BCUT2D eigenvalue weighted by Crippen LogP contribution is 2.50. The van der Waals surface area contributed by atoms with Crippen LogP contribution in [-0.4, -0.2) is 70.4 Å². The SMILES string of the molecule is CNC(C)C(=O)NC(C(=O)N1CCC2(C)C1C(c1c[nH]c3cc(F)ccc13)CN2Cc1ccccc1)C1CCCCC1. The van der Waals surface area contributed by atoms with Crippen LogP contribution < -0.4 is 10.6 Å². The van der Waals surface area contributed by atoms with E-state index in [0.717, 1.165) is 61.7 Å². The van der Waals surface area contributed by atoms with Crippen LogP contribution in [0.25, 0.3) is 10.9 Å². The lowest BCUT2D eigenvalue weighted by Crippen LogP contribution is -2.58. The molecule has 5 atom stereocenters. The number of nitrogens with one attached hydrogen (secondary N) is 3. The monoisotopic (exact) mass is 573 g/mol. The van der Waals surface area contributed by atoms with Crippen LogP contribution >= 0.6 is 0 Å². The number of likely N-dealkylation sites (N-methyl/N-ethyl adjacent to an activating group) is 1. The van der Waals surface area contributed by atoms with E-state index in [0.29, 0.717) is 6.54 Å². The van der Waals surface area contributed by atoms with Crippen LogP contribution in [0.3, 0.4) is 0 Å². The van der Waals surface area contributed by atoms with Crippen molar-refractivity contribution in [1.29, 1.82) is 0 Å². The summed E-state index contributed by atoms with van der Waals surface area (Å²) in [5.41, 5.74) is 2.91. The van der Waals surface area contributed by atoms with E-state index in [1.54, 1.807) is 13.1 Å². The standard InChI is InChI=1S/C34H44FN5O2/c1-22(36-3)32(41)38-30(24-12-8-5-9-13-24)33(42)40-17-16-34(2)31(40)28(21-39(34)20-23-10-6-4-7-11-23)27-19-37-29-18-25(35)14-15-26(27)29/h4,6-7,10-11,14-15,18-19,22,24,28,30-31,36-37H,5,8-9,12-13,16-17,20-21H2,1-3H3,(H,38,41). The smallest absolute Gasteiger partial charge is 0.245 e. The second-order valence-corrected chi connectivity index (χ2v) is 12.9. The van der Waals surface area contributed by atoms with Crippen molar-refractivity contribution in [2.24, 2.45) is 5.92 Å². The van der Waals surface area contributed by atoms with Gasteiger partial charge in [-0.15, -0.1) is 0 Å². The molecule has 3 heterocycles. The third kappa shape index (κ3) is 5.24. The molecule has 42 heavy (non-hydrogen) atoms. The minimum atomic E-state index is -0.531. The lowest BCUT2D eigenvalue weighted by molar-refractivity contribution is -0.140. The van der Waals surface area contributed by atoms with Crippen LogP contribution in [0.4, 0.5) is 4.39 Å². The second-order valence-electron chi connectivity index (χ2n) is 12.9. The number of hydrogen-bond acceptors (Lipinski definition) is 4. The molecule has 8 heteroatoms. The van der Waals surface area contributed by atoms with Gasteiger partial charge in [0.15, 0.2) is 0 Å². The van der Waals surface area contributed by atoms with Gasteiger partial charge in [0.25, 0.3) is 0 Å². The predicted molar refractivity (Wildman–Crippen MR) is 163 cm³/mol. The van der Waals surface area contributed by atoms with Crippen LogP contribution in [0.15, 0.2) is 54.7 Å². The van der Waals surface area contributed by atoms with Gasteiger partial charge in [-0.3, -0.25) is 14.5 Å². The van der Waals surface area contributed by atoms with Gasteiger partial charge < -0.3 is 20.5 Å². The Kier molecular flexibility index (Phi) is 8.11. The number of carbonyl (C=O) groups excluding carboxylic acids is 2. The van der Waals surface area contributed by atoms with Gasteiger partial charge in [0, 0.05) is 48.2 Å². The molecule has 1 aromatic heterocycles. The fourth-order valence-corrected chi connectivity index (χ4v) is 7.94. The summed E-state index contributed by atoms with van der Waals surface area (Å²) < 4.78 is 14.1. The maximum absolute atomic E-state index is 14.7. The van der Waals surface area contributed by atoms with E-state index in [2.05, 4.69) is 56.6 Å². The Morgan fingerprint density at radius 2 is 1.88 bits per heavy atom. The van der Waals surface area contributed by atoms with Gasteiger partial charge in [-0.05, 0) is 75.4 Å². The topological polar surface area (TPSA) is 80.5 Å². The van der Waals surface area contributed by atoms with Crippen LogP contribution in [0.1, 0.15) is 69.4 Å². The lowest BCUT2D eigenvalue weighted by atomic mass is 9.81. The Morgan fingerprint density at radius 3 is 2.62 bits per heavy atom. The number of aromatic nitrogens is 1. The number of likely N-dealkylation sites (tertiary alicyclic amines) is 2. The zero-order chi connectivity index (χ0) is 29.4. The number of halogens is 1. The molecule has 1 saturated carbocycles. The molecule has 0 spiro atoms. The molecule has 2 amide bonds. The Labute approximate surface area is 248 Å². The summed E-state index contributed by atoms with van der Waals surface area (Å²) in [6.07, 6.45) is 8.15. The van der Waals surface area contributed by atoms with Crippen molar-refractivity contribution in [2.75, 3.05) is 20.1 Å². The van der Waals surface area contributed by atoms with E-state index in [-0.39, 0.29) is 47.1 Å². The van der Waals surface area contributed by atoms with E-state index in [9.17, 15) is 14.0 Å². The summed E-state index contributed by atoms with van der Waals surface area (Å²) in [5, 5.41) is 7.22. The predicted octanol–water partition coefficient (Wildman–Crippen LogP) is 4.94. The first-order valence-corrected chi connectivity index (χ1v) is 15.6. The van der Waals surface area contributed by atoms with E-state index in [1.165, 1.54) is 18.1 Å². The Bertz CT molecular complexity index is 1420. The molecule has 2 saturated heterocycles. The highest BCUT2D eigenvalue weighted by molar-refractivity contribution is 5.91. The molecule has 5 unspecified atom stereocenters. The summed E-state index contributed by atoms with van der Waals surface area (Å²) in [6.45, 7) is 6.38. The van der Waals surface area contributed by atoms with E-state index >= 15 is 0 Å². The molecule has 3 aliphatic rings. The van der Waals surface area contributed by atoms with Gasteiger partial charge in [0.05, 0.1) is 12.1 Å². The van der Waals surface area contributed by atoms with Crippen molar-refractivity contribution in [2.45, 2.75) is 88.5 Å². The van der Waals surface area contributed by atoms with Gasteiger partial charge in [0.2, 0.25) is 11.8 Å². The first-order chi connectivity index (χ1) is 20.3. The molecule has 2 aromatic carbocycles. The number of amides is 2. The van der Waals surface area contributed by atoms with Gasteiger partial charge in [0.1, 0.15) is 11.9 Å². The molecule has 7 nitrogen and oxygen atoms in total. The first-order valence-electron chi connectivity index (χ1n) is 15.6. The molecule has 224 valence electrons. The zero-order valence-corrected chi connectivity index (χ0v) is 25.0. The number of rotatable bonds is 8. The van der Waals surface area contributed by atoms with Gasteiger partial charge in [-0.25, -0.2) is 4.39 Å². The van der Waals surface area contributed by atoms with E-state index in [4.69, 9.17) is 0 Å². The summed E-state index contributed by atoms with van der Waals surface area (Å²) in [5.74, 6) is -0.163. The van der Waals surface area contributed by atoms with Crippen molar-refractivity contribution >= 4 is 22.7 Å². The number of nitrogens with zero attached hydrogens (tertiary/aromatic N) is 2. The molecule has 6 rings (SSSR count). The average molecular weight is 574 g/mol. The summed E-state index contributed by atoms with van der Waals surface area (Å²) in [4.78, 5) is 35.8. The summed E-state index contributed by atoms with van der Waals surface area (Å²) in [7, 11) is 1.77. The highest BCUT2D eigenvalue weighted by atomic mass is 19.1. The maximum Gasteiger partial charge on any atom is 0.245 e. The van der Waals surface area contributed by atoms with Crippen molar-refractivity contribution in [3.8, 4) is 0 Å². The van der Waals surface area contributed by atoms with Crippen LogP contribution in [0, 0.1) is 11.7 Å². The lowest BCUT2D eigenvalue weighted by Gasteiger charge is -2.39. The van der Waals surface area contributed by atoms with Crippen molar-refractivity contribution in [1.82, 2.24) is 25.4 Å². The summed E-state index contributed by atoms with van der Waals surface area (Å²) in [6, 6.07) is 14.5. The summed E-state index contributed by atoms with van der Waals surface area (Å²) >= 11 is 0. The fraction of sp³-hybridized carbons (Fsp3) is 0.529. The molecule has 0 radical (unpaired) electrons. The maximum atomic E-state index is 14.7. The molecular weight excluding hydrogens is 529 g/mol. The van der Waals surface area contributed by atoms with Crippen molar-refractivity contribution < 1.29 is 14.0 Å². The molecule has 1 aliphatic carbocycles. The Balaban J connectivity index is 1.37. The van der Waals surface area contributed by atoms with Gasteiger partial charge >= 0.3 is 0 Å². The number of carbonyl (C=O) groups is 2. The van der Waals surface area contributed by atoms with Crippen LogP contribution in [-0.2, 0) is 16.1 Å². The number of benzene rings is 2. The molecule has 3 N–H and O–H groups in total. The number of fused-ring (bicyclic) bond motifs is 2. The van der Waals surface area contributed by atoms with Crippen LogP contribution in [0.2, 0.25) is 0 Å². The number of aromatic amines is 1. The molecular formula is C34H44FN5O2.